The Hall–Kier alpha value is -1.56. The van der Waals surface area contributed by atoms with Crippen molar-refractivity contribution in [2.45, 2.75) is 39.8 Å². The summed E-state index contributed by atoms with van der Waals surface area (Å²) >= 11 is 13.5. The predicted octanol–water partition coefficient (Wildman–Crippen LogP) is 5.09. The van der Waals surface area contributed by atoms with E-state index in [1.165, 1.54) is 18.3 Å². The van der Waals surface area contributed by atoms with Crippen molar-refractivity contribution >= 4 is 46.4 Å². The summed E-state index contributed by atoms with van der Waals surface area (Å²) in [6.07, 6.45) is -0.916. The van der Waals surface area contributed by atoms with Crippen LogP contribution in [0, 0.1) is 13.8 Å². The highest BCUT2D eigenvalue weighted by molar-refractivity contribution is 7.12. The molecule has 2 rings (SSSR count). The smallest absolute Gasteiger partial charge is 0.340 e. The summed E-state index contributed by atoms with van der Waals surface area (Å²) in [4.78, 5) is 26.4. The Morgan fingerprint density at radius 3 is 2.40 bits per heavy atom. The molecule has 0 unspecified atom stereocenters. The van der Waals surface area contributed by atoms with Crippen LogP contribution in [0.25, 0.3) is 0 Å². The maximum Gasteiger partial charge on any atom is 0.340 e. The van der Waals surface area contributed by atoms with Crippen molar-refractivity contribution in [2.75, 3.05) is 0 Å². The molecule has 1 N–H and O–H groups in total. The summed E-state index contributed by atoms with van der Waals surface area (Å²) in [5, 5.41) is 3.78. The Morgan fingerprint density at radius 1 is 1.16 bits per heavy atom. The van der Waals surface area contributed by atoms with E-state index in [0.717, 1.165) is 15.3 Å². The number of benzene rings is 1. The molecule has 7 heteroatoms. The number of rotatable bonds is 5. The minimum atomic E-state index is -0.916. The lowest BCUT2D eigenvalue weighted by atomic mass is 10.1. The van der Waals surface area contributed by atoms with Crippen LogP contribution in [0.15, 0.2) is 24.3 Å². The molecule has 0 spiro atoms. The van der Waals surface area contributed by atoms with Gasteiger partial charge >= 0.3 is 5.97 Å². The van der Waals surface area contributed by atoms with Crippen LogP contribution in [0.5, 0.6) is 0 Å². The molecule has 0 aliphatic rings. The molecule has 2 atom stereocenters. The summed E-state index contributed by atoms with van der Waals surface area (Å²) in [6.45, 7) is 7.11. The number of halogens is 2. The third kappa shape index (κ3) is 4.97. The molecule has 0 aliphatic carbocycles. The van der Waals surface area contributed by atoms with Gasteiger partial charge in [0.15, 0.2) is 6.10 Å². The molecular formula is C18H19Cl2NO3S. The van der Waals surface area contributed by atoms with E-state index in [1.807, 2.05) is 13.8 Å². The average molecular weight is 400 g/mol. The van der Waals surface area contributed by atoms with Gasteiger partial charge in [0, 0.05) is 19.8 Å². The summed E-state index contributed by atoms with van der Waals surface area (Å²) in [7, 11) is 0. The van der Waals surface area contributed by atoms with E-state index in [1.54, 1.807) is 31.2 Å². The summed E-state index contributed by atoms with van der Waals surface area (Å²) in [5.74, 6) is -0.891. The largest absolute Gasteiger partial charge is 0.449 e. The van der Waals surface area contributed by atoms with E-state index in [9.17, 15) is 9.59 Å². The first-order chi connectivity index (χ1) is 11.7. The van der Waals surface area contributed by atoms with Crippen LogP contribution in [-0.4, -0.2) is 18.0 Å². The lowest BCUT2D eigenvalue weighted by molar-refractivity contribution is -0.129. The van der Waals surface area contributed by atoms with Crippen molar-refractivity contribution < 1.29 is 14.3 Å². The second-order valence-electron chi connectivity index (χ2n) is 5.77. The van der Waals surface area contributed by atoms with E-state index in [0.29, 0.717) is 15.6 Å². The molecular weight excluding hydrogens is 381 g/mol. The first kappa shape index (κ1) is 19.8. The molecule has 1 aromatic heterocycles. The molecule has 1 amide bonds. The summed E-state index contributed by atoms with van der Waals surface area (Å²) < 4.78 is 5.28. The van der Waals surface area contributed by atoms with Gasteiger partial charge in [-0.15, -0.1) is 11.3 Å². The van der Waals surface area contributed by atoms with Crippen LogP contribution < -0.4 is 5.32 Å². The molecule has 2 aromatic rings. The maximum absolute atomic E-state index is 12.3. The number of hydrogen-bond acceptors (Lipinski definition) is 4. The fourth-order valence-corrected chi connectivity index (χ4v) is 3.86. The highest BCUT2D eigenvalue weighted by Gasteiger charge is 2.23. The zero-order chi connectivity index (χ0) is 18.7. The van der Waals surface area contributed by atoms with Gasteiger partial charge < -0.3 is 10.1 Å². The molecule has 0 saturated heterocycles. The lowest BCUT2D eigenvalue weighted by Gasteiger charge is -2.19. The number of aryl methyl sites for hydroxylation is 2. The quantitative estimate of drug-likeness (QED) is 0.711. The molecule has 0 aliphatic heterocycles. The van der Waals surface area contributed by atoms with Gasteiger partial charge in [0.05, 0.1) is 11.6 Å². The third-order valence-electron chi connectivity index (χ3n) is 3.70. The Balaban J connectivity index is 2.00. The zero-order valence-corrected chi connectivity index (χ0v) is 16.7. The van der Waals surface area contributed by atoms with Crippen LogP contribution in [0.3, 0.4) is 0 Å². The van der Waals surface area contributed by atoms with Gasteiger partial charge in [-0.05, 0) is 51.5 Å². The normalized spacial score (nSPS) is 13.2. The van der Waals surface area contributed by atoms with Crippen LogP contribution in [-0.2, 0) is 9.53 Å². The fraction of sp³-hybridized carbons (Fsp3) is 0.333. The second-order valence-corrected chi connectivity index (χ2v) is 8.07. The molecule has 25 heavy (non-hydrogen) atoms. The minimum Gasteiger partial charge on any atom is -0.449 e. The number of thiophene rings is 1. The standard InChI is InChI=1S/C18H19Cl2NO3S/c1-9-7-15(12(4)25-9)18(23)24-11(3)17(22)21-10(2)14-6-5-13(19)8-16(14)20/h5-8,10-11H,1-4H3,(H,21,22)/t10-,11-/m1/s1. The number of hydrogen-bond donors (Lipinski definition) is 1. The lowest BCUT2D eigenvalue weighted by Crippen LogP contribution is -2.37. The Bertz CT molecular complexity index is 804. The van der Waals surface area contributed by atoms with Gasteiger partial charge in [-0.3, -0.25) is 4.79 Å². The number of amides is 1. The average Bonchev–Trinajstić information content (AvgIpc) is 2.85. The molecule has 0 saturated carbocycles. The third-order valence-corrected chi connectivity index (χ3v) is 5.23. The topological polar surface area (TPSA) is 55.4 Å². The molecule has 0 bridgehead atoms. The zero-order valence-electron chi connectivity index (χ0n) is 14.4. The van der Waals surface area contributed by atoms with Crippen molar-refractivity contribution in [3.63, 3.8) is 0 Å². The SMILES string of the molecule is Cc1cc(C(=O)O[C@H](C)C(=O)N[C@H](C)c2ccc(Cl)cc2Cl)c(C)s1. The Labute approximate surface area is 161 Å². The minimum absolute atomic E-state index is 0.344. The van der Waals surface area contributed by atoms with Gasteiger partial charge in [0.25, 0.3) is 5.91 Å². The Kier molecular flexibility index (Phi) is 6.49. The van der Waals surface area contributed by atoms with Gasteiger partial charge in [-0.25, -0.2) is 4.79 Å². The number of esters is 1. The van der Waals surface area contributed by atoms with Crippen molar-refractivity contribution in [3.8, 4) is 0 Å². The van der Waals surface area contributed by atoms with Gasteiger partial charge in [-0.1, -0.05) is 29.3 Å². The van der Waals surface area contributed by atoms with Crippen molar-refractivity contribution in [1.82, 2.24) is 5.32 Å². The van der Waals surface area contributed by atoms with Gasteiger partial charge in [0.2, 0.25) is 0 Å². The summed E-state index contributed by atoms with van der Waals surface area (Å²) in [6, 6.07) is 6.50. The first-order valence-corrected chi connectivity index (χ1v) is 9.29. The van der Waals surface area contributed by atoms with Gasteiger partial charge in [-0.2, -0.15) is 0 Å². The van der Waals surface area contributed by atoms with Crippen molar-refractivity contribution in [3.05, 3.63) is 55.2 Å². The van der Waals surface area contributed by atoms with E-state index >= 15 is 0 Å². The van der Waals surface area contributed by atoms with Crippen LogP contribution >= 0.6 is 34.5 Å². The molecule has 4 nitrogen and oxygen atoms in total. The monoisotopic (exact) mass is 399 g/mol. The van der Waals surface area contributed by atoms with E-state index in [2.05, 4.69) is 5.32 Å². The van der Waals surface area contributed by atoms with Crippen molar-refractivity contribution in [1.29, 1.82) is 0 Å². The number of carbonyl (C=O) groups is 2. The first-order valence-electron chi connectivity index (χ1n) is 7.72. The van der Waals surface area contributed by atoms with Crippen LogP contribution in [0.4, 0.5) is 0 Å². The molecule has 134 valence electrons. The number of carbonyl (C=O) groups excluding carboxylic acids is 2. The number of nitrogens with one attached hydrogen (secondary N) is 1. The fourth-order valence-electron chi connectivity index (χ4n) is 2.37. The highest BCUT2D eigenvalue weighted by Crippen LogP contribution is 2.26. The maximum atomic E-state index is 12.3. The van der Waals surface area contributed by atoms with Crippen molar-refractivity contribution in [2.24, 2.45) is 0 Å². The molecule has 0 fully saturated rings. The Morgan fingerprint density at radius 2 is 1.84 bits per heavy atom. The molecule has 1 heterocycles. The summed E-state index contributed by atoms with van der Waals surface area (Å²) in [5.41, 5.74) is 1.23. The van der Waals surface area contributed by atoms with E-state index in [-0.39, 0.29) is 6.04 Å². The van der Waals surface area contributed by atoms with E-state index in [4.69, 9.17) is 27.9 Å². The highest BCUT2D eigenvalue weighted by atomic mass is 35.5. The molecule has 1 aromatic carbocycles. The van der Waals surface area contributed by atoms with Gasteiger partial charge in [0.1, 0.15) is 0 Å². The van der Waals surface area contributed by atoms with E-state index < -0.39 is 18.0 Å². The van der Waals surface area contributed by atoms with Crippen LogP contribution in [0.2, 0.25) is 10.0 Å². The predicted molar refractivity (Wildman–Crippen MR) is 102 cm³/mol. The second kappa shape index (κ2) is 8.21. The number of ether oxygens (including phenoxy) is 1. The van der Waals surface area contributed by atoms with Crippen LogP contribution in [0.1, 0.15) is 45.6 Å². The molecule has 0 radical (unpaired) electrons.